The van der Waals surface area contributed by atoms with E-state index in [0.717, 1.165) is 55.6 Å². The highest BCUT2D eigenvalue weighted by Crippen LogP contribution is 2.34. The fourth-order valence-corrected chi connectivity index (χ4v) is 5.86. The molecule has 2 aromatic heterocycles. The molecule has 0 radical (unpaired) electrons. The van der Waals surface area contributed by atoms with E-state index in [2.05, 4.69) is 102 Å². The Hall–Kier alpha value is -6.18. The Morgan fingerprint density at radius 3 is 1.95 bits per heavy atom. The van der Waals surface area contributed by atoms with Crippen LogP contribution in [0.25, 0.3) is 82.5 Å². The first-order valence-electron chi connectivity index (χ1n) is 14.5. The van der Waals surface area contributed by atoms with Crippen LogP contribution in [0.4, 0.5) is 5.69 Å². The molecule has 0 aliphatic rings. The van der Waals surface area contributed by atoms with Crippen LogP contribution >= 0.6 is 0 Å². The first-order valence-corrected chi connectivity index (χ1v) is 14.5. The SMILES string of the molecule is [C-]#[N+]c1cccc(-c2nc(-c3ccccc3)cc(-c3ccc(-c4cccc5cc6c(ccc7ccccc76)nc45)cc3)n2)c1. The third-order valence-electron chi connectivity index (χ3n) is 8.07. The van der Waals surface area contributed by atoms with Crippen molar-refractivity contribution in [3.8, 4) is 45.0 Å². The van der Waals surface area contributed by atoms with Gasteiger partial charge < -0.3 is 0 Å². The summed E-state index contributed by atoms with van der Waals surface area (Å²) in [5.74, 6) is 0.591. The van der Waals surface area contributed by atoms with Crippen molar-refractivity contribution >= 4 is 38.3 Å². The zero-order chi connectivity index (χ0) is 29.5. The van der Waals surface area contributed by atoms with E-state index >= 15 is 0 Å². The molecule has 0 saturated heterocycles. The number of aromatic nitrogens is 3. The normalized spacial score (nSPS) is 11.2. The van der Waals surface area contributed by atoms with E-state index < -0.39 is 0 Å². The second-order valence-corrected chi connectivity index (χ2v) is 10.8. The first kappa shape index (κ1) is 25.5. The number of nitrogens with zero attached hydrogens (tertiary/aromatic N) is 4. The minimum absolute atomic E-state index is 0.562. The summed E-state index contributed by atoms with van der Waals surface area (Å²) in [6, 6.07) is 49.5. The molecule has 204 valence electrons. The van der Waals surface area contributed by atoms with Crippen molar-refractivity contribution in [3.05, 3.63) is 157 Å². The van der Waals surface area contributed by atoms with Crippen molar-refractivity contribution in [2.45, 2.75) is 0 Å². The van der Waals surface area contributed by atoms with Crippen LogP contribution in [0.1, 0.15) is 0 Å². The van der Waals surface area contributed by atoms with Gasteiger partial charge in [0, 0.05) is 33.0 Å². The Balaban J connectivity index is 1.23. The Labute approximate surface area is 254 Å². The van der Waals surface area contributed by atoms with Gasteiger partial charge in [0.25, 0.3) is 0 Å². The van der Waals surface area contributed by atoms with Crippen LogP contribution in [0, 0.1) is 6.57 Å². The van der Waals surface area contributed by atoms with Gasteiger partial charge in [-0.15, -0.1) is 0 Å². The fourth-order valence-electron chi connectivity index (χ4n) is 5.86. The Morgan fingerprint density at radius 1 is 0.455 bits per heavy atom. The molecule has 0 bridgehead atoms. The lowest BCUT2D eigenvalue weighted by Crippen LogP contribution is -1.96. The number of hydrogen-bond donors (Lipinski definition) is 0. The van der Waals surface area contributed by atoms with Gasteiger partial charge in [-0.05, 0) is 40.6 Å². The summed E-state index contributed by atoms with van der Waals surface area (Å²) in [5.41, 5.74) is 9.19. The van der Waals surface area contributed by atoms with E-state index in [1.165, 1.54) is 16.2 Å². The summed E-state index contributed by atoms with van der Waals surface area (Å²) in [4.78, 5) is 18.6. The van der Waals surface area contributed by atoms with Crippen LogP contribution in [-0.4, -0.2) is 15.0 Å². The molecule has 0 unspecified atom stereocenters. The minimum atomic E-state index is 0.562. The molecule has 8 rings (SSSR count). The molecule has 0 atom stereocenters. The largest absolute Gasteiger partial charge is 0.247 e. The molecule has 4 nitrogen and oxygen atoms in total. The molecular weight excluding hydrogens is 536 g/mol. The monoisotopic (exact) mass is 560 g/mol. The van der Waals surface area contributed by atoms with Crippen molar-refractivity contribution in [3.63, 3.8) is 0 Å². The van der Waals surface area contributed by atoms with E-state index in [-0.39, 0.29) is 0 Å². The lowest BCUT2D eigenvalue weighted by atomic mass is 9.97. The van der Waals surface area contributed by atoms with Crippen LogP contribution in [0.3, 0.4) is 0 Å². The molecule has 0 fully saturated rings. The summed E-state index contributed by atoms with van der Waals surface area (Å²) in [5, 5.41) is 4.72. The Morgan fingerprint density at radius 2 is 1.14 bits per heavy atom. The van der Waals surface area contributed by atoms with Crippen LogP contribution in [0.15, 0.2) is 146 Å². The quantitative estimate of drug-likeness (QED) is 0.122. The lowest BCUT2D eigenvalue weighted by molar-refractivity contribution is 1.18. The van der Waals surface area contributed by atoms with Gasteiger partial charge in [0.15, 0.2) is 11.5 Å². The van der Waals surface area contributed by atoms with Gasteiger partial charge in [0.05, 0.1) is 29.0 Å². The topological polar surface area (TPSA) is 43.0 Å². The second kappa shape index (κ2) is 10.6. The molecule has 0 saturated carbocycles. The van der Waals surface area contributed by atoms with Crippen LogP contribution in [0.5, 0.6) is 0 Å². The molecule has 2 heterocycles. The Bertz CT molecular complexity index is 2390. The number of benzene rings is 6. The van der Waals surface area contributed by atoms with Gasteiger partial charge in [-0.2, -0.15) is 0 Å². The number of para-hydroxylation sites is 1. The van der Waals surface area contributed by atoms with Crippen LogP contribution in [0.2, 0.25) is 0 Å². The third kappa shape index (κ3) is 4.54. The zero-order valence-corrected chi connectivity index (χ0v) is 23.6. The number of fused-ring (bicyclic) bond motifs is 4. The molecule has 0 amide bonds. The van der Waals surface area contributed by atoms with Gasteiger partial charge in [-0.3, -0.25) is 0 Å². The third-order valence-corrected chi connectivity index (χ3v) is 8.07. The fraction of sp³-hybridized carbons (Fsp3) is 0. The highest BCUT2D eigenvalue weighted by atomic mass is 14.9. The van der Waals surface area contributed by atoms with Gasteiger partial charge in [0.2, 0.25) is 0 Å². The first-order chi connectivity index (χ1) is 21.7. The average Bonchev–Trinajstić information content (AvgIpc) is 3.11. The highest BCUT2D eigenvalue weighted by molar-refractivity contribution is 6.11. The van der Waals surface area contributed by atoms with Crippen molar-refractivity contribution in [1.29, 1.82) is 0 Å². The molecule has 0 N–H and O–H groups in total. The maximum absolute atomic E-state index is 7.45. The van der Waals surface area contributed by atoms with E-state index in [0.29, 0.717) is 11.5 Å². The predicted octanol–water partition coefficient (Wildman–Crippen LogP) is 10.5. The van der Waals surface area contributed by atoms with Crippen molar-refractivity contribution in [2.24, 2.45) is 0 Å². The molecule has 4 heteroatoms. The van der Waals surface area contributed by atoms with Crippen LogP contribution in [-0.2, 0) is 0 Å². The molecule has 0 spiro atoms. The van der Waals surface area contributed by atoms with Gasteiger partial charge in [0.1, 0.15) is 0 Å². The molecule has 6 aromatic carbocycles. The van der Waals surface area contributed by atoms with Crippen molar-refractivity contribution in [1.82, 2.24) is 15.0 Å². The summed E-state index contributed by atoms with van der Waals surface area (Å²) in [6.45, 7) is 7.45. The molecule has 0 aliphatic heterocycles. The number of pyridine rings is 1. The van der Waals surface area contributed by atoms with E-state index in [9.17, 15) is 0 Å². The number of rotatable bonds is 4. The van der Waals surface area contributed by atoms with Gasteiger partial charge >= 0.3 is 0 Å². The van der Waals surface area contributed by atoms with Gasteiger partial charge in [-0.1, -0.05) is 121 Å². The molecule has 44 heavy (non-hydrogen) atoms. The molecular formula is C40H24N4. The standard InChI is InChI=1S/C40H24N4/c1-41-32-14-7-13-31(23-32)40-43-37(28-10-3-2-4-11-28)25-38(44-40)29-19-17-27(18-20-29)34-16-8-12-30-24-35-33-15-6-5-9-26(33)21-22-36(35)42-39(30)34/h2-25H. The molecule has 8 aromatic rings. The van der Waals surface area contributed by atoms with E-state index in [1.54, 1.807) is 6.07 Å². The summed E-state index contributed by atoms with van der Waals surface area (Å²) in [6.07, 6.45) is 0. The van der Waals surface area contributed by atoms with Gasteiger partial charge in [-0.25, -0.2) is 19.8 Å². The summed E-state index contributed by atoms with van der Waals surface area (Å²) < 4.78 is 0. The predicted molar refractivity (Wildman–Crippen MR) is 180 cm³/mol. The Kier molecular flexibility index (Phi) is 6.14. The average molecular weight is 561 g/mol. The maximum atomic E-state index is 7.45. The maximum Gasteiger partial charge on any atom is 0.187 e. The summed E-state index contributed by atoms with van der Waals surface area (Å²) >= 11 is 0. The van der Waals surface area contributed by atoms with E-state index in [1.807, 2.05) is 42.5 Å². The number of hydrogen-bond acceptors (Lipinski definition) is 3. The smallest absolute Gasteiger partial charge is 0.187 e. The highest BCUT2D eigenvalue weighted by Gasteiger charge is 2.13. The molecule has 0 aliphatic carbocycles. The minimum Gasteiger partial charge on any atom is -0.247 e. The second-order valence-electron chi connectivity index (χ2n) is 10.8. The van der Waals surface area contributed by atoms with E-state index in [4.69, 9.17) is 21.5 Å². The van der Waals surface area contributed by atoms with Crippen LogP contribution < -0.4 is 0 Å². The van der Waals surface area contributed by atoms with Crippen molar-refractivity contribution in [2.75, 3.05) is 0 Å². The zero-order valence-electron chi connectivity index (χ0n) is 23.6. The lowest BCUT2D eigenvalue weighted by Gasteiger charge is -2.12. The summed E-state index contributed by atoms with van der Waals surface area (Å²) in [7, 11) is 0. The van der Waals surface area contributed by atoms with Crippen molar-refractivity contribution < 1.29 is 0 Å².